The van der Waals surface area contributed by atoms with E-state index in [2.05, 4.69) is 10.1 Å². The summed E-state index contributed by atoms with van der Waals surface area (Å²) >= 11 is 0. The smallest absolute Gasteiger partial charge is 0.170 e. The molecule has 1 heterocycles. The lowest BCUT2D eigenvalue weighted by Crippen LogP contribution is -2.33. The molecular formula is C14H20FN3O2. The highest BCUT2D eigenvalue weighted by atomic mass is 19.1. The average Bonchev–Trinajstić information content (AvgIpc) is 2.49. The molecule has 6 heteroatoms. The van der Waals surface area contributed by atoms with Gasteiger partial charge in [-0.15, -0.1) is 0 Å². The Hall–Kier alpha value is -1.82. The zero-order valence-corrected chi connectivity index (χ0v) is 11.4. The van der Waals surface area contributed by atoms with Gasteiger partial charge in [0.25, 0.3) is 0 Å². The first-order valence-corrected chi connectivity index (χ1v) is 6.83. The van der Waals surface area contributed by atoms with Crippen LogP contribution in [-0.4, -0.2) is 42.2 Å². The number of nitrogens with zero attached hydrogens (tertiary/aromatic N) is 2. The van der Waals surface area contributed by atoms with Crippen LogP contribution in [0.15, 0.2) is 23.4 Å². The summed E-state index contributed by atoms with van der Waals surface area (Å²) in [5.74, 6) is -0.437. The molecule has 1 aromatic carbocycles. The van der Waals surface area contributed by atoms with Crippen LogP contribution in [0.5, 0.6) is 5.75 Å². The monoisotopic (exact) mass is 281 g/mol. The Balaban J connectivity index is 1.86. The van der Waals surface area contributed by atoms with Gasteiger partial charge in [0.2, 0.25) is 0 Å². The van der Waals surface area contributed by atoms with Crippen molar-refractivity contribution in [3.05, 3.63) is 29.6 Å². The van der Waals surface area contributed by atoms with Crippen LogP contribution < -0.4 is 10.5 Å². The van der Waals surface area contributed by atoms with E-state index in [1.807, 2.05) is 0 Å². The van der Waals surface area contributed by atoms with Crippen LogP contribution >= 0.6 is 0 Å². The van der Waals surface area contributed by atoms with Crippen molar-refractivity contribution in [3.8, 4) is 5.75 Å². The summed E-state index contributed by atoms with van der Waals surface area (Å²) in [5, 5.41) is 11.4. The van der Waals surface area contributed by atoms with Crippen molar-refractivity contribution < 1.29 is 14.3 Å². The number of benzene rings is 1. The molecule has 0 radical (unpaired) electrons. The lowest BCUT2D eigenvalue weighted by molar-refractivity contribution is 0.180. The van der Waals surface area contributed by atoms with Crippen molar-refractivity contribution >= 4 is 5.84 Å². The molecule has 110 valence electrons. The first kappa shape index (κ1) is 14.6. The van der Waals surface area contributed by atoms with E-state index in [4.69, 9.17) is 15.7 Å². The summed E-state index contributed by atoms with van der Waals surface area (Å²) < 4.78 is 19.2. The number of hydrogen-bond acceptors (Lipinski definition) is 4. The number of ether oxygens (including phenoxy) is 1. The molecule has 0 bridgehead atoms. The number of halogens is 1. The van der Waals surface area contributed by atoms with Gasteiger partial charge in [0, 0.05) is 12.1 Å². The molecular weight excluding hydrogens is 261 g/mol. The van der Waals surface area contributed by atoms with Gasteiger partial charge in [-0.05, 0) is 44.1 Å². The van der Waals surface area contributed by atoms with E-state index in [-0.39, 0.29) is 11.6 Å². The van der Waals surface area contributed by atoms with Crippen LogP contribution in [0.1, 0.15) is 24.8 Å². The van der Waals surface area contributed by atoms with Crippen molar-refractivity contribution in [2.24, 2.45) is 10.9 Å². The van der Waals surface area contributed by atoms with Crippen LogP contribution in [0.4, 0.5) is 4.39 Å². The maximum Gasteiger partial charge on any atom is 0.170 e. The van der Waals surface area contributed by atoms with Crippen LogP contribution in [0.25, 0.3) is 0 Å². The van der Waals surface area contributed by atoms with Crippen LogP contribution in [0, 0.1) is 5.82 Å². The molecule has 0 atom stereocenters. The Morgan fingerprint density at radius 3 is 2.75 bits per heavy atom. The minimum absolute atomic E-state index is 0.122. The van der Waals surface area contributed by atoms with E-state index in [9.17, 15) is 4.39 Å². The summed E-state index contributed by atoms with van der Waals surface area (Å²) in [5.41, 5.74) is 5.72. The molecule has 0 unspecified atom stereocenters. The quantitative estimate of drug-likeness (QED) is 0.373. The van der Waals surface area contributed by atoms with Gasteiger partial charge in [-0.1, -0.05) is 11.6 Å². The molecule has 0 spiro atoms. The second-order valence-corrected chi connectivity index (χ2v) is 4.88. The molecule has 0 amide bonds. The van der Waals surface area contributed by atoms with Gasteiger partial charge in [0.15, 0.2) is 17.4 Å². The molecule has 0 aliphatic carbocycles. The molecule has 20 heavy (non-hydrogen) atoms. The average molecular weight is 281 g/mol. The molecule has 1 saturated heterocycles. The van der Waals surface area contributed by atoms with Gasteiger partial charge in [0.05, 0.1) is 0 Å². The highest BCUT2D eigenvalue weighted by Gasteiger charge is 2.11. The summed E-state index contributed by atoms with van der Waals surface area (Å²) in [6.45, 7) is 3.45. The fourth-order valence-corrected chi connectivity index (χ4v) is 2.30. The fourth-order valence-electron chi connectivity index (χ4n) is 2.30. The number of nitrogens with two attached hydrogens (primary N) is 1. The van der Waals surface area contributed by atoms with Crippen molar-refractivity contribution in [1.29, 1.82) is 0 Å². The van der Waals surface area contributed by atoms with Crippen molar-refractivity contribution in [1.82, 2.24) is 4.90 Å². The third-order valence-corrected chi connectivity index (χ3v) is 3.45. The maximum atomic E-state index is 13.8. The number of amidine groups is 1. The number of oxime groups is 1. The second kappa shape index (κ2) is 7.09. The predicted octanol–water partition coefficient (Wildman–Crippen LogP) is 1.78. The Bertz CT molecular complexity index is 473. The summed E-state index contributed by atoms with van der Waals surface area (Å²) in [4.78, 5) is 2.33. The normalized spacial score (nSPS) is 17.1. The van der Waals surface area contributed by atoms with Crippen molar-refractivity contribution in [3.63, 3.8) is 0 Å². The lowest BCUT2D eigenvalue weighted by atomic mass is 10.1. The zero-order chi connectivity index (χ0) is 14.4. The van der Waals surface area contributed by atoms with E-state index in [0.29, 0.717) is 12.2 Å². The highest BCUT2D eigenvalue weighted by Crippen LogP contribution is 2.18. The standard InChI is InChI=1S/C14H20FN3O2/c15-12-10-11(14(16)17-19)4-5-13(12)20-9-8-18-6-2-1-3-7-18/h4-5,10,19H,1-3,6-9H2,(H2,16,17). The zero-order valence-electron chi connectivity index (χ0n) is 11.4. The predicted molar refractivity (Wildman–Crippen MR) is 74.7 cm³/mol. The van der Waals surface area contributed by atoms with E-state index < -0.39 is 5.82 Å². The number of piperidine rings is 1. The van der Waals surface area contributed by atoms with Gasteiger partial charge >= 0.3 is 0 Å². The SMILES string of the molecule is N/C(=N/O)c1ccc(OCCN2CCCCC2)c(F)c1. The van der Waals surface area contributed by atoms with Gasteiger partial charge in [-0.2, -0.15) is 0 Å². The molecule has 3 N–H and O–H groups in total. The molecule has 1 fully saturated rings. The van der Waals surface area contributed by atoms with Gasteiger partial charge < -0.3 is 15.7 Å². The molecule has 5 nitrogen and oxygen atoms in total. The molecule has 0 aromatic heterocycles. The third-order valence-electron chi connectivity index (χ3n) is 3.45. The fraction of sp³-hybridized carbons (Fsp3) is 0.500. The summed E-state index contributed by atoms with van der Waals surface area (Å²) in [6.07, 6.45) is 3.74. The highest BCUT2D eigenvalue weighted by molar-refractivity contribution is 5.97. The Labute approximate surface area is 117 Å². The molecule has 0 saturated carbocycles. The lowest BCUT2D eigenvalue weighted by Gasteiger charge is -2.26. The largest absolute Gasteiger partial charge is 0.489 e. The molecule has 1 aromatic rings. The Morgan fingerprint density at radius 2 is 2.10 bits per heavy atom. The number of rotatable bonds is 5. The number of likely N-dealkylation sites (tertiary alicyclic amines) is 1. The summed E-state index contributed by atoms with van der Waals surface area (Å²) in [6, 6.07) is 4.26. The topological polar surface area (TPSA) is 71.1 Å². The minimum Gasteiger partial charge on any atom is -0.489 e. The minimum atomic E-state index is -0.507. The Morgan fingerprint density at radius 1 is 1.35 bits per heavy atom. The van der Waals surface area contributed by atoms with E-state index >= 15 is 0 Å². The molecule has 1 aliphatic heterocycles. The number of hydrogen-bond donors (Lipinski definition) is 2. The van der Waals surface area contributed by atoms with Gasteiger partial charge in [-0.3, -0.25) is 4.90 Å². The van der Waals surface area contributed by atoms with Crippen molar-refractivity contribution in [2.45, 2.75) is 19.3 Å². The van der Waals surface area contributed by atoms with Gasteiger partial charge in [0.1, 0.15) is 6.61 Å². The second-order valence-electron chi connectivity index (χ2n) is 4.88. The van der Waals surface area contributed by atoms with E-state index in [0.717, 1.165) is 19.6 Å². The first-order valence-electron chi connectivity index (χ1n) is 6.83. The van der Waals surface area contributed by atoms with Crippen molar-refractivity contribution in [2.75, 3.05) is 26.2 Å². The molecule has 2 rings (SSSR count). The van der Waals surface area contributed by atoms with Gasteiger partial charge in [-0.25, -0.2) is 4.39 Å². The molecule has 1 aliphatic rings. The first-order chi connectivity index (χ1) is 9.70. The summed E-state index contributed by atoms with van der Waals surface area (Å²) in [7, 11) is 0. The van der Waals surface area contributed by atoms with Crippen LogP contribution in [0.2, 0.25) is 0 Å². The maximum absolute atomic E-state index is 13.8. The third kappa shape index (κ3) is 3.84. The van der Waals surface area contributed by atoms with Crippen LogP contribution in [-0.2, 0) is 0 Å². The van der Waals surface area contributed by atoms with E-state index in [1.165, 1.54) is 31.4 Å². The van der Waals surface area contributed by atoms with E-state index in [1.54, 1.807) is 6.07 Å². The Kier molecular flexibility index (Phi) is 5.17. The van der Waals surface area contributed by atoms with Crippen LogP contribution in [0.3, 0.4) is 0 Å².